The Morgan fingerprint density at radius 1 is 1.16 bits per heavy atom. The highest BCUT2D eigenvalue weighted by Crippen LogP contribution is 2.30. The molecule has 0 aromatic carbocycles. The minimum Gasteiger partial charge on any atom is -0.456 e. The van der Waals surface area contributed by atoms with Crippen molar-refractivity contribution in [3.05, 3.63) is 0 Å². The molecule has 19 heavy (non-hydrogen) atoms. The van der Waals surface area contributed by atoms with Crippen molar-refractivity contribution < 1.29 is 38.8 Å². The van der Waals surface area contributed by atoms with Crippen LogP contribution in [0.4, 0.5) is 0 Å². The molecule has 4 atom stereocenters. The number of aliphatic hydroxyl groups is 2. The summed E-state index contributed by atoms with van der Waals surface area (Å²) in [7, 11) is 0. The number of rotatable bonds is 3. The minimum atomic E-state index is -2.48. The Bertz CT molecular complexity index is 392. The summed E-state index contributed by atoms with van der Waals surface area (Å²) in [4.78, 5) is 33.5. The SMILES string of the molecule is CC(=O)O[C@@H]1COC(O)[C@@](O)(C(C)=O)[C@H]1OC(C)=O. The molecule has 0 aromatic rings. The molecule has 1 saturated heterocycles. The first kappa shape index (κ1) is 15.5. The van der Waals surface area contributed by atoms with E-state index in [1.54, 1.807) is 0 Å². The first-order valence-electron chi connectivity index (χ1n) is 5.57. The number of carbonyl (C=O) groups excluding carboxylic acids is 3. The lowest BCUT2D eigenvalue weighted by molar-refractivity contribution is -0.294. The van der Waals surface area contributed by atoms with E-state index >= 15 is 0 Å². The van der Waals surface area contributed by atoms with Gasteiger partial charge >= 0.3 is 11.9 Å². The molecule has 1 heterocycles. The summed E-state index contributed by atoms with van der Waals surface area (Å²) in [6, 6.07) is 0. The van der Waals surface area contributed by atoms with Crippen LogP contribution in [0.2, 0.25) is 0 Å². The zero-order chi connectivity index (χ0) is 14.8. The molecular formula is C11H16O8. The number of hydrogen-bond donors (Lipinski definition) is 2. The van der Waals surface area contributed by atoms with Crippen LogP contribution in [0, 0.1) is 0 Å². The molecular weight excluding hydrogens is 260 g/mol. The van der Waals surface area contributed by atoms with E-state index in [1.165, 1.54) is 0 Å². The summed E-state index contributed by atoms with van der Waals surface area (Å²) in [5.74, 6) is -2.37. The molecule has 1 unspecified atom stereocenters. The van der Waals surface area contributed by atoms with Crippen LogP contribution in [-0.4, -0.2) is 58.6 Å². The van der Waals surface area contributed by atoms with Crippen LogP contribution in [0.5, 0.6) is 0 Å². The number of ketones is 1. The van der Waals surface area contributed by atoms with Gasteiger partial charge in [-0.15, -0.1) is 0 Å². The number of ether oxygens (including phenoxy) is 3. The second kappa shape index (κ2) is 5.64. The Morgan fingerprint density at radius 2 is 1.68 bits per heavy atom. The average molecular weight is 276 g/mol. The van der Waals surface area contributed by atoms with Crippen LogP contribution in [0.1, 0.15) is 20.8 Å². The Kier molecular flexibility index (Phi) is 4.61. The second-order valence-corrected chi connectivity index (χ2v) is 4.25. The van der Waals surface area contributed by atoms with E-state index in [2.05, 4.69) is 0 Å². The lowest BCUT2D eigenvalue weighted by Gasteiger charge is -2.43. The zero-order valence-electron chi connectivity index (χ0n) is 10.8. The van der Waals surface area contributed by atoms with Gasteiger partial charge in [-0.2, -0.15) is 0 Å². The molecule has 0 bridgehead atoms. The fraction of sp³-hybridized carbons (Fsp3) is 0.727. The number of aliphatic hydroxyl groups excluding tert-OH is 1. The van der Waals surface area contributed by atoms with Crippen LogP contribution >= 0.6 is 0 Å². The van der Waals surface area contributed by atoms with E-state index in [0.29, 0.717) is 0 Å². The molecule has 1 fully saturated rings. The van der Waals surface area contributed by atoms with Gasteiger partial charge in [-0.3, -0.25) is 14.4 Å². The molecule has 108 valence electrons. The Balaban J connectivity index is 3.11. The molecule has 0 aromatic heterocycles. The van der Waals surface area contributed by atoms with Crippen molar-refractivity contribution in [2.45, 2.75) is 44.9 Å². The zero-order valence-corrected chi connectivity index (χ0v) is 10.8. The topological polar surface area (TPSA) is 119 Å². The third kappa shape index (κ3) is 3.09. The average Bonchev–Trinajstić information content (AvgIpc) is 2.27. The summed E-state index contributed by atoms with van der Waals surface area (Å²) >= 11 is 0. The number of esters is 2. The maximum atomic E-state index is 11.5. The van der Waals surface area contributed by atoms with Crippen molar-refractivity contribution in [1.29, 1.82) is 0 Å². The highest BCUT2D eigenvalue weighted by atomic mass is 16.7. The van der Waals surface area contributed by atoms with E-state index in [1.807, 2.05) is 0 Å². The van der Waals surface area contributed by atoms with Gasteiger partial charge < -0.3 is 24.4 Å². The standard InChI is InChI=1S/C11H16O8/c1-5(12)11(16)9(19-7(3)14)8(18-6(2)13)4-17-10(11)15/h8-10,15-16H,4H2,1-3H3/t8-,9+,10?,11-/m1/s1. The highest BCUT2D eigenvalue weighted by molar-refractivity contribution is 5.86. The predicted molar refractivity (Wildman–Crippen MR) is 58.7 cm³/mol. The maximum Gasteiger partial charge on any atom is 0.303 e. The number of Topliss-reactive ketones (excluding diaryl/α,β-unsaturated/α-hetero) is 1. The molecule has 8 heteroatoms. The van der Waals surface area contributed by atoms with Crippen molar-refractivity contribution >= 4 is 17.7 Å². The molecule has 1 aliphatic heterocycles. The Hall–Kier alpha value is -1.51. The van der Waals surface area contributed by atoms with Crippen LogP contribution in [0.25, 0.3) is 0 Å². The van der Waals surface area contributed by atoms with Gasteiger partial charge in [-0.1, -0.05) is 0 Å². The summed E-state index contributed by atoms with van der Waals surface area (Å²) in [5, 5.41) is 19.8. The molecule has 0 radical (unpaired) electrons. The smallest absolute Gasteiger partial charge is 0.303 e. The summed E-state index contributed by atoms with van der Waals surface area (Å²) in [6.45, 7) is 2.86. The van der Waals surface area contributed by atoms with Gasteiger partial charge in [0.25, 0.3) is 0 Å². The van der Waals surface area contributed by atoms with Gasteiger partial charge in [0, 0.05) is 13.8 Å². The van der Waals surface area contributed by atoms with E-state index in [9.17, 15) is 24.6 Å². The van der Waals surface area contributed by atoms with Gasteiger partial charge in [0.1, 0.15) is 0 Å². The van der Waals surface area contributed by atoms with E-state index < -0.39 is 41.8 Å². The van der Waals surface area contributed by atoms with Crippen molar-refractivity contribution in [1.82, 2.24) is 0 Å². The molecule has 0 spiro atoms. The van der Waals surface area contributed by atoms with Crippen LogP contribution in [-0.2, 0) is 28.6 Å². The molecule has 1 aliphatic rings. The maximum absolute atomic E-state index is 11.5. The van der Waals surface area contributed by atoms with Crippen LogP contribution in [0.3, 0.4) is 0 Å². The van der Waals surface area contributed by atoms with Gasteiger partial charge in [-0.05, 0) is 6.92 Å². The van der Waals surface area contributed by atoms with Crippen molar-refractivity contribution in [2.75, 3.05) is 6.61 Å². The lowest BCUT2D eigenvalue weighted by atomic mass is 9.86. The highest BCUT2D eigenvalue weighted by Gasteiger charge is 2.58. The third-order valence-corrected chi connectivity index (χ3v) is 2.74. The van der Waals surface area contributed by atoms with Gasteiger partial charge in [-0.25, -0.2) is 0 Å². The summed E-state index contributed by atoms with van der Waals surface area (Å²) in [5.41, 5.74) is -2.48. The predicted octanol–water partition coefficient (Wildman–Crippen LogP) is -1.48. The fourth-order valence-corrected chi connectivity index (χ4v) is 1.85. The Labute approximate surface area is 109 Å². The van der Waals surface area contributed by atoms with Crippen LogP contribution in [0.15, 0.2) is 0 Å². The van der Waals surface area contributed by atoms with Crippen molar-refractivity contribution in [3.63, 3.8) is 0 Å². The largest absolute Gasteiger partial charge is 0.456 e. The van der Waals surface area contributed by atoms with E-state index in [0.717, 1.165) is 20.8 Å². The molecule has 0 aliphatic carbocycles. The second-order valence-electron chi connectivity index (χ2n) is 4.25. The minimum absolute atomic E-state index is 0.311. The molecule has 2 N–H and O–H groups in total. The molecule has 0 saturated carbocycles. The van der Waals surface area contributed by atoms with E-state index in [4.69, 9.17) is 14.2 Å². The molecule has 8 nitrogen and oxygen atoms in total. The number of carbonyl (C=O) groups is 3. The van der Waals surface area contributed by atoms with E-state index in [-0.39, 0.29) is 6.61 Å². The van der Waals surface area contributed by atoms with Crippen LogP contribution < -0.4 is 0 Å². The normalized spacial score (nSPS) is 34.5. The summed E-state index contributed by atoms with van der Waals surface area (Å²) < 4.78 is 14.5. The van der Waals surface area contributed by atoms with Crippen molar-refractivity contribution in [2.24, 2.45) is 0 Å². The first-order valence-corrected chi connectivity index (χ1v) is 5.57. The van der Waals surface area contributed by atoms with Gasteiger partial charge in [0.05, 0.1) is 6.61 Å². The summed E-state index contributed by atoms with van der Waals surface area (Å²) in [6.07, 6.45) is -4.59. The molecule has 0 amide bonds. The van der Waals surface area contributed by atoms with Gasteiger partial charge in [0.2, 0.25) is 5.60 Å². The van der Waals surface area contributed by atoms with Crippen molar-refractivity contribution in [3.8, 4) is 0 Å². The lowest BCUT2D eigenvalue weighted by Crippen LogP contribution is -2.68. The fourth-order valence-electron chi connectivity index (χ4n) is 1.85. The first-order chi connectivity index (χ1) is 8.69. The quantitative estimate of drug-likeness (QED) is 0.599. The van der Waals surface area contributed by atoms with Gasteiger partial charge in [0.15, 0.2) is 24.3 Å². The molecule has 1 rings (SSSR count). The monoisotopic (exact) mass is 276 g/mol. The third-order valence-electron chi connectivity index (χ3n) is 2.74. The Morgan fingerprint density at radius 3 is 2.11 bits per heavy atom. The number of hydrogen-bond acceptors (Lipinski definition) is 8.